The predicted molar refractivity (Wildman–Crippen MR) is 153 cm³/mol. The Hall–Kier alpha value is -0.260. The summed E-state index contributed by atoms with van der Waals surface area (Å²) in [5.74, 6) is 1.92. The van der Waals surface area contributed by atoms with Crippen molar-refractivity contribution in [3.8, 4) is 0 Å². The second kappa shape index (κ2) is 43.6. The van der Waals surface area contributed by atoms with Crippen molar-refractivity contribution in [2.45, 2.75) is 179 Å². The molecule has 0 fully saturated rings. The Morgan fingerprint density at radius 3 is 1.06 bits per heavy atom. The fraction of sp³-hybridized carbons (Fsp3) is 0.935. The summed E-state index contributed by atoms with van der Waals surface area (Å²) in [4.78, 5) is 0. The molecule has 0 bridgehead atoms. The molecule has 0 radical (unpaired) electrons. The van der Waals surface area contributed by atoms with Crippen LogP contribution >= 0.6 is 0 Å². The third kappa shape index (κ3) is 48.4. The first-order valence-corrected chi connectivity index (χ1v) is 14.6. The second-order valence-corrected chi connectivity index (χ2v) is 8.52. The van der Waals surface area contributed by atoms with Gasteiger partial charge in [0.05, 0.1) is 0 Å². The van der Waals surface area contributed by atoms with Gasteiger partial charge in [-0.25, -0.2) is 0 Å². The van der Waals surface area contributed by atoms with Crippen LogP contribution < -0.4 is 0 Å². The highest BCUT2D eigenvalue weighted by Gasteiger charge is 2.05. The Balaban J connectivity index is -0.000000102. The fourth-order valence-electron chi connectivity index (χ4n) is 3.70. The number of hydrogen-bond acceptors (Lipinski definition) is 0. The zero-order valence-electron chi connectivity index (χ0n) is 25.0. The molecular formula is C31H70. The Bertz CT molecular complexity index is 237. The zero-order chi connectivity index (χ0) is 25.3. The van der Waals surface area contributed by atoms with E-state index < -0.39 is 0 Å². The van der Waals surface area contributed by atoms with Gasteiger partial charge in [-0.05, 0) is 25.2 Å². The average molecular weight is 443 g/mol. The average Bonchev–Trinajstić information content (AvgIpc) is 2.78. The lowest BCUT2D eigenvalue weighted by Gasteiger charge is -2.14. The first kappa shape index (κ1) is 41.0. The van der Waals surface area contributed by atoms with Crippen molar-refractivity contribution >= 4 is 0 Å². The van der Waals surface area contributed by atoms with Crippen LogP contribution in [0, 0.1) is 11.8 Å². The van der Waals surface area contributed by atoms with E-state index in [1.54, 1.807) is 0 Å². The molecule has 0 N–H and O–H groups in total. The molecule has 0 aromatic rings. The highest BCUT2D eigenvalue weighted by Crippen LogP contribution is 2.20. The second-order valence-electron chi connectivity index (χ2n) is 8.52. The molecule has 0 atom stereocenters. The molecule has 0 saturated heterocycles. The minimum absolute atomic E-state index is 0.905. The van der Waals surface area contributed by atoms with Crippen LogP contribution in [-0.4, -0.2) is 0 Å². The number of unbranched alkanes of at least 4 members (excludes halogenated alkanes) is 4. The van der Waals surface area contributed by atoms with E-state index in [1.807, 2.05) is 27.7 Å². The van der Waals surface area contributed by atoms with E-state index in [-0.39, 0.29) is 0 Å². The predicted octanol–water partition coefficient (Wildman–Crippen LogP) is 12.8. The van der Waals surface area contributed by atoms with Crippen LogP contribution in [0.2, 0.25) is 0 Å². The van der Waals surface area contributed by atoms with Crippen LogP contribution in [0.25, 0.3) is 0 Å². The van der Waals surface area contributed by atoms with Crippen LogP contribution in [0.4, 0.5) is 0 Å². The van der Waals surface area contributed by atoms with Gasteiger partial charge in [-0.2, -0.15) is 0 Å². The maximum Gasteiger partial charge on any atom is -0.0297 e. The Kier molecular flexibility index (Phi) is 57.7. The van der Waals surface area contributed by atoms with Crippen LogP contribution in [0.1, 0.15) is 179 Å². The number of rotatable bonds is 15. The summed E-state index contributed by atoms with van der Waals surface area (Å²) in [7, 11) is 0. The molecule has 0 spiro atoms. The molecule has 0 aromatic carbocycles. The summed E-state index contributed by atoms with van der Waals surface area (Å²) in [6.07, 6.45) is 20.6. The van der Waals surface area contributed by atoms with Gasteiger partial charge >= 0.3 is 0 Å². The molecule has 0 heterocycles. The number of hydrogen-bond donors (Lipinski definition) is 0. The van der Waals surface area contributed by atoms with Gasteiger partial charge in [0.1, 0.15) is 0 Å². The van der Waals surface area contributed by atoms with Crippen LogP contribution in [0.5, 0.6) is 0 Å². The van der Waals surface area contributed by atoms with Crippen molar-refractivity contribution in [2.75, 3.05) is 0 Å². The van der Waals surface area contributed by atoms with Crippen molar-refractivity contribution in [1.82, 2.24) is 0 Å². The van der Waals surface area contributed by atoms with Gasteiger partial charge in [0.25, 0.3) is 0 Å². The molecule has 0 nitrogen and oxygen atoms in total. The quantitative estimate of drug-likeness (QED) is 0.175. The summed E-state index contributed by atoms with van der Waals surface area (Å²) < 4.78 is 0. The van der Waals surface area contributed by atoms with Crippen molar-refractivity contribution < 1.29 is 0 Å². The summed E-state index contributed by atoms with van der Waals surface area (Å²) in [5.41, 5.74) is 1.34. The normalized spacial score (nSPS) is 9.35. The molecule has 0 unspecified atom stereocenters. The minimum Gasteiger partial charge on any atom is -0.100 e. The van der Waals surface area contributed by atoms with E-state index in [1.165, 1.54) is 102 Å². The van der Waals surface area contributed by atoms with Gasteiger partial charge in [0.2, 0.25) is 0 Å². The smallest absolute Gasteiger partial charge is 0.0297 e. The van der Waals surface area contributed by atoms with Gasteiger partial charge in [-0.15, -0.1) is 6.58 Å². The van der Waals surface area contributed by atoms with Crippen LogP contribution in [-0.2, 0) is 0 Å². The Morgan fingerprint density at radius 2 is 0.839 bits per heavy atom. The molecule has 0 aliphatic rings. The maximum atomic E-state index is 3.96. The van der Waals surface area contributed by atoms with Gasteiger partial charge in [0.15, 0.2) is 0 Å². The van der Waals surface area contributed by atoms with E-state index in [0.29, 0.717) is 0 Å². The third-order valence-corrected chi connectivity index (χ3v) is 5.21. The van der Waals surface area contributed by atoms with Crippen molar-refractivity contribution in [2.24, 2.45) is 11.8 Å². The largest absolute Gasteiger partial charge is 0.100 e. The lowest BCUT2D eigenvalue weighted by atomic mass is 9.92. The highest BCUT2D eigenvalue weighted by atomic mass is 14.1. The van der Waals surface area contributed by atoms with Gasteiger partial charge in [-0.1, -0.05) is 172 Å². The third-order valence-electron chi connectivity index (χ3n) is 5.21. The minimum atomic E-state index is 0.905. The standard InChI is InChI=1S/C11H22.C9H20.C7H16.2C2H6/c1-5-7-11(8-6-2)9-10(3)4;1-4-7-9(6-3)8-5-2;1-3-5-7-6-4-2;2*1-2/h11H,3,5-9H2,1-2,4H3;9H,4-8H2,1-3H3;3-7H2,1-2H3;2*1-2H3. The Labute approximate surface area is 203 Å². The molecule has 0 rings (SSSR count). The molecule has 0 amide bonds. The topological polar surface area (TPSA) is 0 Å². The van der Waals surface area contributed by atoms with E-state index in [0.717, 1.165) is 11.8 Å². The summed E-state index contributed by atoms with van der Waals surface area (Å²) in [6.45, 7) is 30.0. The molecular weight excluding hydrogens is 372 g/mol. The first-order chi connectivity index (χ1) is 15.0. The van der Waals surface area contributed by atoms with Gasteiger partial charge < -0.3 is 0 Å². The van der Waals surface area contributed by atoms with Crippen molar-refractivity contribution in [3.05, 3.63) is 12.2 Å². The van der Waals surface area contributed by atoms with Crippen LogP contribution in [0.3, 0.4) is 0 Å². The van der Waals surface area contributed by atoms with Crippen molar-refractivity contribution in [3.63, 3.8) is 0 Å². The van der Waals surface area contributed by atoms with E-state index >= 15 is 0 Å². The SMILES string of the molecule is C=C(C)CC(CCC)CCC.CC.CC.CCCC(CC)CCC.CCCCCCC. The first-order valence-electron chi connectivity index (χ1n) is 14.6. The molecule has 0 aliphatic heterocycles. The molecule has 0 heteroatoms. The number of allylic oxidation sites excluding steroid dienone is 1. The van der Waals surface area contributed by atoms with Crippen molar-refractivity contribution in [1.29, 1.82) is 0 Å². The van der Waals surface area contributed by atoms with E-state index in [4.69, 9.17) is 0 Å². The lowest BCUT2D eigenvalue weighted by molar-refractivity contribution is 0.427. The van der Waals surface area contributed by atoms with Gasteiger partial charge in [0, 0.05) is 0 Å². The lowest BCUT2D eigenvalue weighted by Crippen LogP contribution is -1.99. The summed E-state index contributed by atoms with van der Waals surface area (Å²) in [5, 5.41) is 0. The van der Waals surface area contributed by atoms with Gasteiger partial charge in [-0.3, -0.25) is 0 Å². The molecule has 0 aromatic heterocycles. The van der Waals surface area contributed by atoms with E-state index in [2.05, 4.69) is 62.0 Å². The van der Waals surface area contributed by atoms with Crippen LogP contribution in [0.15, 0.2) is 12.2 Å². The molecule has 0 aliphatic carbocycles. The Morgan fingerprint density at radius 1 is 0.516 bits per heavy atom. The summed E-state index contributed by atoms with van der Waals surface area (Å²) in [6, 6.07) is 0. The zero-order valence-corrected chi connectivity index (χ0v) is 25.0. The monoisotopic (exact) mass is 443 g/mol. The molecule has 31 heavy (non-hydrogen) atoms. The molecule has 194 valence electrons. The maximum absolute atomic E-state index is 3.96. The highest BCUT2D eigenvalue weighted by molar-refractivity contribution is 4.90. The summed E-state index contributed by atoms with van der Waals surface area (Å²) >= 11 is 0. The molecule has 0 saturated carbocycles. The van der Waals surface area contributed by atoms with E-state index in [9.17, 15) is 0 Å². The fourth-order valence-corrected chi connectivity index (χ4v) is 3.70.